The Morgan fingerprint density at radius 1 is 0.478 bits per heavy atom. The average Bonchev–Trinajstić information content (AvgIpc) is 1.21. The fourth-order valence-corrected chi connectivity index (χ4v) is 19.2. The molecule has 0 spiro atoms. The lowest BCUT2D eigenvalue weighted by Crippen LogP contribution is -2.28. The van der Waals surface area contributed by atoms with Crippen LogP contribution in [0, 0.1) is 62.3 Å². The number of hydrogen-bond donors (Lipinski definition) is 1. The summed E-state index contributed by atoms with van der Waals surface area (Å²) in [5.74, 6) is 0. The molecule has 9 aromatic carbocycles. The van der Waals surface area contributed by atoms with Crippen molar-refractivity contribution in [2.75, 3.05) is 13.2 Å². The van der Waals surface area contributed by atoms with Gasteiger partial charge >= 0.3 is 15.6 Å². The molecule has 0 aliphatic heterocycles. The van der Waals surface area contributed by atoms with E-state index in [1.54, 1.807) is 56.4 Å². The smallest absolute Gasteiger partial charge is 0.673 e. The second kappa shape index (κ2) is 36.0. The van der Waals surface area contributed by atoms with Gasteiger partial charge in [0.2, 0.25) is 12.1 Å². The van der Waals surface area contributed by atoms with Gasteiger partial charge in [0, 0.05) is 44.6 Å². The van der Waals surface area contributed by atoms with Crippen molar-refractivity contribution in [3.8, 4) is 0 Å². The first-order valence-electron chi connectivity index (χ1n) is 29.5. The van der Waals surface area contributed by atoms with Gasteiger partial charge in [-0.2, -0.15) is 0 Å². The minimum atomic E-state index is -3.47. The van der Waals surface area contributed by atoms with Crippen molar-refractivity contribution in [2.45, 2.75) is 76.2 Å². The number of hydrogen-bond acceptors (Lipinski definition) is 11. The van der Waals surface area contributed by atoms with Gasteiger partial charge in [-0.3, -0.25) is 13.7 Å². The number of halogens is 2. The highest BCUT2D eigenvalue weighted by atomic mass is 79.9. The lowest BCUT2D eigenvalue weighted by Gasteiger charge is -2.22. The monoisotopic (exact) mass is 1410 g/mol. The van der Waals surface area contributed by atoms with Crippen molar-refractivity contribution in [3.63, 3.8) is 0 Å². The molecule has 0 saturated heterocycles. The third-order valence-corrected chi connectivity index (χ3v) is 26.5. The summed E-state index contributed by atoms with van der Waals surface area (Å²) in [6.07, 6.45) is 1.62. The van der Waals surface area contributed by atoms with E-state index in [0.717, 1.165) is 70.6 Å². The van der Waals surface area contributed by atoms with Crippen LogP contribution in [0.1, 0.15) is 63.9 Å². The Morgan fingerprint density at radius 3 is 1.14 bits per heavy atom. The Balaban J connectivity index is 0.000000183. The van der Waals surface area contributed by atoms with Crippen molar-refractivity contribution < 1.29 is 41.7 Å². The van der Waals surface area contributed by atoms with E-state index in [9.17, 15) is 28.0 Å². The van der Waals surface area contributed by atoms with Gasteiger partial charge in [-0.05, 0) is 209 Å². The molecule has 0 atom stereocenters. The fourth-order valence-electron chi connectivity index (χ4n) is 9.35. The molecule has 0 fully saturated rings. The molecule has 92 heavy (non-hydrogen) atoms. The van der Waals surface area contributed by atoms with E-state index in [4.69, 9.17) is 15.9 Å². The van der Waals surface area contributed by atoms with Crippen LogP contribution in [-0.4, -0.2) is 38.2 Å². The molecule has 0 aliphatic rings. The van der Waals surface area contributed by atoms with E-state index in [-0.39, 0.29) is 0 Å². The number of benzene rings is 9. The largest absolute Gasteiger partial charge is 0.697 e. The molecule has 11 rings (SSSR count). The quantitative estimate of drug-likeness (QED) is 0.102. The highest BCUT2D eigenvalue weighted by molar-refractivity contribution is 9.10. The van der Waals surface area contributed by atoms with E-state index < -0.39 is 37.6 Å². The first-order valence-corrected chi connectivity index (χ1v) is 38.7. The van der Waals surface area contributed by atoms with Crippen LogP contribution in [0.5, 0.6) is 0 Å². The van der Waals surface area contributed by atoms with Crippen molar-refractivity contribution in [1.29, 1.82) is 0 Å². The maximum atomic E-state index is 14.2. The van der Waals surface area contributed by atoms with Gasteiger partial charge in [-0.25, -0.2) is 4.98 Å². The summed E-state index contributed by atoms with van der Waals surface area (Å²) < 4.78 is 66.4. The molecule has 2 aromatic heterocycles. The summed E-state index contributed by atoms with van der Waals surface area (Å²) in [6, 6.07) is 72.2. The minimum Gasteiger partial charge on any atom is -0.673 e. The third kappa shape index (κ3) is 20.1. The van der Waals surface area contributed by atoms with Gasteiger partial charge in [-0.15, -0.1) is 14.1 Å². The standard InChI is InChI=1S/C19H17N4O2P.C14H14ClOP.C14H15O2P.C14H15OP.C7H7Br.C4H10O3P/c1-14-8-3-5-11-17(14)26(24,18-12-6-4-9-15(18)2)25-23-19-16(21-22-23)10-7-13-20-19;2*1-11-7-3-5-9-13(11)17(15,16)14-10-6-4-8-12(14)2;1-11-7-3-5-9-13(11)16(15)14-10-6-4-8-12(14)2;1-6-4-2-3-5-7(6)8;1-3-6-8(5)7-4-2/h3-13H,1-2H3;3-10H,1-2H3;3-10H,1-2H3,(H,15,16);3-10,16H,1-2H3;2-5H,1H3;3-4H2,1-2H3/q;;;;;+1. The molecule has 20 heteroatoms. The van der Waals surface area contributed by atoms with Crippen LogP contribution in [0.25, 0.3) is 11.2 Å². The lowest BCUT2D eigenvalue weighted by atomic mass is 10.2. The maximum absolute atomic E-state index is 14.2. The topological polar surface area (TPSA) is 183 Å². The molecule has 0 amide bonds. The number of aryl methyl sites for hydroxylation is 9. The summed E-state index contributed by atoms with van der Waals surface area (Å²) >= 11 is 9.75. The van der Waals surface area contributed by atoms with E-state index >= 15 is 0 Å². The second-order valence-corrected chi connectivity index (χ2v) is 32.4. The van der Waals surface area contributed by atoms with Gasteiger partial charge < -0.3 is 14.4 Å². The highest BCUT2D eigenvalue weighted by Gasteiger charge is 2.35. The fraction of sp³-hybridized carbons (Fsp3) is 0.181. The zero-order valence-corrected chi connectivity index (χ0v) is 60.4. The summed E-state index contributed by atoms with van der Waals surface area (Å²) in [5.41, 5.74) is 9.90. The van der Waals surface area contributed by atoms with E-state index in [1.165, 1.54) is 10.0 Å². The molecule has 13 nitrogen and oxygen atoms in total. The van der Waals surface area contributed by atoms with Gasteiger partial charge in [0.1, 0.15) is 18.7 Å². The molecule has 11 aromatic rings. The van der Waals surface area contributed by atoms with E-state index in [1.807, 2.05) is 243 Å². The highest BCUT2D eigenvalue weighted by Crippen LogP contribution is 2.50. The summed E-state index contributed by atoms with van der Waals surface area (Å²) in [4.78, 5) is 28.3. The van der Waals surface area contributed by atoms with Crippen LogP contribution in [-0.2, 0) is 27.3 Å². The molecule has 1 N–H and O–H groups in total. The van der Waals surface area contributed by atoms with Gasteiger partial charge in [-0.1, -0.05) is 185 Å². The summed E-state index contributed by atoms with van der Waals surface area (Å²) in [5, 5.41) is 13.8. The van der Waals surface area contributed by atoms with Crippen molar-refractivity contribution >= 4 is 118 Å². The Morgan fingerprint density at radius 2 is 0.804 bits per heavy atom. The Labute approximate surface area is 557 Å². The maximum Gasteiger partial charge on any atom is 0.697 e. The van der Waals surface area contributed by atoms with Crippen LogP contribution in [0.2, 0.25) is 0 Å². The van der Waals surface area contributed by atoms with Crippen LogP contribution in [0.4, 0.5) is 0 Å². The third-order valence-electron chi connectivity index (χ3n) is 14.3. The number of rotatable bonds is 14. The minimum absolute atomic E-state index is 0.426. The van der Waals surface area contributed by atoms with E-state index in [0.29, 0.717) is 45.6 Å². The normalized spacial score (nSPS) is 11.0. The summed E-state index contributed by atoms with van der Waals surface area (Å²) in [7, 11) is -10.6. The first-order chi connectivity index (χ1) is 44.0. The molecule has 478 valence electrons. The van der Waals surface area contributed by atoms with Gasteiger partial charge in [0.15, 0.2) is 0 Å². The number of nitrogens with zero attached hydrogens (tertiary/aromatic N) is 4. The molecule has 0 unspecified atom stereocenters. The summed E-state index contributed by atoms with van der Waals surface area (Å²) in [6.45, 7) is 18.9. The van der Waals surface area contributed by atoms with Crippen LogP contribution < -0.4 is 52.0 Å². The Hall–Kier alpha value is -6.84. The molecule has 0 bridgehead atoms. The lowest BCUT2D eigenvalue weighted by molar-refractivity contribution is -0.153. The molecule has 2 heterocycles. The van der Waals surface area contributed by atoms with Gasteiger partial charge in [0.25, 0.3) is 7.37 Å². The number of fused-ring (bicyclic) bond motifs is 1. The van der Waals surface area contributed by atoms with Crippen LogP contribution in [0.15, 0.2) is 241 Å². The Bertz CT molecular complexity index is 4050. The molecule has 0 aliphatic carbocycles. The molecular weight excluding hydrogens is 1340 g/mol. The predicted molar refractivity (Wildman–Crippen MR) is 387 cm³/mol. The van der Waals surface area contributed by atoms with Crippen molar-refractivity contribution in [1.82, 2.24) is 20.1 Å². The van der Waals surface area contributed by atoms with Gasteiger partial charge in [0.05, 0.1) is 21.2 Å². The van der Waals surface area contributed by atoms with E-state index in [2.05, 4.69) is 53.3 Å². The molecule has 0 saturated carbocycles. The second-order valence-electron chi connectivity index (χ2n) is 21.0. The zero-order valence-electron chi connectivity index (χ0n) is 53.5. The first kappa shape index (κ1) is 74.2. The molecule has 0 radical (unpaired) electrons. The SMILES string of the molecule is CCO[P+](=O)OCC.Cc1ccccc1Br.Cc1ccccc1P(=O)(Cl)c1ccccc1C.Cc1ccccc1P(=O)(O)c1ccccc1C.Cc1ccccc1P(=O)(On1nnc2cccnc21)c1ccccc1C.Cc1ccccc1[PH+]([O-])c1ccccc1C. The van der Waals surface area contributed by atoms with Crippen molar-refractivity contribution in [2.24, 2.45) is 0 Å². The molecular formula is C72H78BrClN4O9P5+. The number of aromatic nitrogens is 4. The number of pyridine rings is 1. The zero-order chi connectivity index (χ0) is 67.0. The average molecular weight is 1410 g/mol. The predicted octanol–water partition coefficient (Wildman–Crippen LogP) is 15.3. The van der Waals surface area contributed by atoms with Crippen LogP contribution >= 0.6 is 64.8 Å². The van der Waals surface area contributed by atoms with Crippen molar-refractivity contribution in [3.05, 3.63) is 291 Å². The Kier molecular flexibility index (Phi) is 29.0. The van der Waals surface area contributed by atoms with Crippen LogP contribution in [0.3, 0.4) is 0 Å².